The molecular weight excluding hydrogens is 511 g/mol. The van der Waals surface area contributed by atoms with E-state index in [-0.39, 0.29) is 31.4 Å². The van der Waals surface area contributed by atoms with Crippen LogP contribution in [0.5, 0.6) is 5.75 Å². The van der Waals surface area contributed by atoms with Crippen molar-refractivity contribution in [3.8, 4) is 11.8 Å². The number of ether oxygens (including phenoxy) is 1. The number of aromatic nitrogens is 2. The van der Waals surface area contributed by atoms with Crippen LogP contribution in [0.15, 0.2) is 52.4 Å². The van der Waals surface area contributed by atoms with Gasteiger partial charge in [0.2, 0.25) is 19.3 Å². The highest BCUT2D eigenvalue weighted by atomic mass is 35.5. The second kappa shape index (κ2) is 10.1. The number of anilines is 1. The molecule has 168 valence electrons. The highest BCUT2D eigenvalue weighted by molar-refractivity contribution is 7.92. The zero-order valence-electron chi connectivity index (χ0n) is 16.6. The number of carbonyl (C=O) groups excluding carboxylic acids is 2. The van der Waals surface area contributed by atoms with Crippen LogP contribution in [0.1, 0.15) is 15.9 Å². The van der Waals surface area contributed by atoms with Gasteiger partial charge in [-0.3, -0.25) is 10.1 Å². The Kier molecular flexibility index (Phi) is 7.45. The van der Waals surface area contributed by atoms with Crippen molar-refractivity contribution >= 4 is 67.5 Å². The number of nitrogens with one attached hydrogen (secondary N) is 1. The van der Waals surface area contributed by atoms with Crippen molar-refractivity contribution in [1.82, 2.24) is 10.2 Å². The summed E-state index contributed by atoms with van der Waals surface area (Å²) in [6.07, 6.45) is 2.21. The first-order valence-corrected chi connectivity index (χ1v) is 12.3. The van der Waals surface area contributed by atoms with Gasteiger partial charge in [-0.2, -0.15) is 5.26 Å². The van der Waals surface area contributed by atoms with E-state index in [1.54, 1.807) is 18.2 Å². The first-order chi connectivity index (χ1) is 15.6. The lowest BCUT2D eigenvalue weighted by Crippen LogP contribution is -2.13. The van der Waals surface area contributed by atoms with E-state index in [4.69, 9.17) is 27.9 Å². The molecule has 1 aromatic heterocycles. The molecular formula is C20H12Cl2N4O5S2. The number of halogens is 2. The third-order valence-corrected chi connectivity index (χ3v) is 6.91. The first-order valence-electron chi connectivity index (χ1n) is 8.81. The van der Waals surface area contributed by atoms with Crippen LogP contribution in [0, 0.1) is 11.3 Å². The fourth-order valence-corrected chi connectivity index (χ4v) is 4.18. The van der Waals surface area contributed by atoms with Crippen molar-refractivity contribution in [2.45, 2.75) is 4.34 Å². The Hall–Kier alpha value is -3.30. The lowest BCUT2D eigenvalue weighted by atomic mass is 10.1. The van der Waals surface area contributed by atoms with Crippen molar-refractivity contribution in [2.75, 3.05) is 11.6 Å². The van der Waals surface area contributed by atoms with Crippen LogP contribution in [0.4, 0.5) is 5.13 Å². The van der Waals surface area contributed by atoms with E-state index in [1.165, 1.54) is 36.4 Å². The molecule has 0 radical (unpaired) electrons. The first kappa shape index (κ1) is 24.3. The largest absolute Gasteiger partial charge is 0.421 e. The molecule has 0 aliphatic rings. The minimum Gasteiger partial charge on any atom is -0.421 e. The van der Waals surface area contributed by atoms with Crippen molar-refractivity contribution in [3.63, 3.8) is 0 Å². The van der Waals surface area contributed by atoms with Crippen LogP contribution in [0.25, 0.3) is 6.08 Å². The van der Waals surface area contributed by atoms with E-state index in [0.29, 0.717) is 21.9 Å². The number of rotatable bonds is 6. The topological polar surface area (TPSA) is 139 Å². The molecule has 0 atom stereocenters. The molecule has 0 bridgehead atoms. The van der Waals surface area contributed by atoms with Gasteiger partial charge in [0.05, 0.1) is 10.6 Å². The Bertz CT molecular complexity index is 1410. The second-order valence-electron chi connectivity index (χ2n) is 6.36. The van der Waals surface area contributed by atoms with Gasteiger partial charge in [-0.1, -0.05) is 40.6 Å². The monoisotopic (exact) mass is 522 g/mol. The van der Waals surface area contributed by atoms with Gasteiger partial charge in [-0.05, 0) is 48.0 Å². The average molecular weight is 523 g/mol. The van der Waals surface area contributed by atoms with Gasteiger partial charge < -0.3 is 4.74 Å². The fraction of sp³-hybridized carbons (Fsp3) is 0.0500. The lowest BCUT2D eigenvalue weighted by molar-refractivity contribution is -0.112. The highest BCUT2D eigenvalue weighted by Gasteiger charge is 2.18. The summed E-state index contributed by atoms with van der Waals surface area (Å²) in [5.41, 5.74) is 0.360. The molecule has 0 aliphatic carbocycles. The molecule has 13 heteroatoms. The Morgan fingerprint density at radius 2 is 1.85 bits per heavy atom. The van der Waals surface area contributed by atoms with Crippen molar-refractivity contribution < 1.29 is 22.7 Å². The molecule has 0 fully saturated rings. The van der Waals surface area contributed by atoms with Crippen molar-refractivity contribution in [3.05, 3.63) is 69.2 Å². The molecule has 9 nitrogen and oxygen atoms in total. The number of hydrogen-bond donors (Lipinski definition) is 1. The maximum Gasteiger partial charge on any atom is 0.343 e. The summed E-state index contributed by atoms with van der Waals surface area (Å²) in [7, 11) is -3.57. The SMILES string of the molecule is CS(=O)(=O)c1nnc(NC(=O)/C(C#N)=C\c2ccc(OC(=O)c3ccc(Cl)cc3)c(Cl)c2)s1. The maximum absolute atomic E-state index is 12.4. The van der Waals surface area contributed by atoms with Crippen molar-refractivity contribution in [1.29, 1.82) is 5.26 Å². The maximum atomic E-state index is 12.4. The van der Waals surface area contributed by atoms with Gasteiger partial charge in [0.1, 0.15) is 17.4 Å². The quantitative estimate of drug-likeness (QED) is 0.168. The summed E-state index contributed by atoms with van der Waals surface area (Å²) >= 11 is 12.6. The standard InChI is InChI=1S/C20H12Cl2N4O5S2/c1-33(29,30)20-26-25-19(32-20)24-17(27)13(10-23)8-11-2-7-16(15(22)9-11)31-18(28)12-3-5-14(21)6-4-12/h2-9H,1H3,(H,24,25,27)/b13-8-. The summed E-state index contributed by atoms with van der Waals surface area (Å²) in [5.74, 6) is -1.37. The molecule has 1 N–H and O–H groups in total. The number of hydrogen-bond acceptors (Lipinski definition) is 9. The van der Waals surface area contributed by atoms with Crippen LogP contribution >= 0.6 is 34.5 Å². The summed E-state index contributed by atoms with van der Waals surface area (Å²) < 4.78 is 27.9. The molecule has 0 unspecified atom stereocenters. The van der Waals surface area contributed by atoms with Gasteiger partial charge in [0.25, 0.3) is 5.91 Å². The minimum atomic E-state index is -3.57. The van der Waals surface area contributed by atoms with E-state index < -0.39 is 21.7 Å². The van der Waals surface area contributed by atoms with Gasteiger partial charge in [-0.15, -0.1) is 10.2 Å². The van der Waals surface area contributed by atoms with Gasteiger partial charge in [0, 0.05) is 11.3 Å². The third-order valence-electron chi connectivity index (χ3n) is 3.86. The normalized spacial score (nSPS) is 11.5. The number of amides is 1. The summed E-state index contributed by atoms with van der Waals surface area (Å²) in [6, 6.07) is 12.2. The van der Waals surface area contributed by atoms with Crippen LogP contribution in [0.3, 0.4) is 0 Å². The summed E-state index contributed by atoms with van der Waals surface area (Å²) in [6.45, 7) is 0. The van der Waals surface area contributed by atoms with E-state index in [2.05, 4.69) is 15.5 Å². The summed E-state index contributed by atoms with van der Waals surface area (Å²) in [5, 5.41) is 19.2. The predicted octanol–water partition coefficient (Wildman–Crippen LogP) is 4.01. The molecule has 33 heavy (non-hydrogen) atoms. The lowest BCUT2D eigenvalue weighted by Gasteiger charge is -2.07. The van der Waals surface area contributed by atoms with Gasteiger partial charge in [-0.25, -0.2) is 13.2 Å². The van der Waals surface area contributed by atoms with Crippen molar-refractivity contribution in [2.24, 2.45) is 0 Å². The highest BCUT2D eigenvalue weighted by Crippen LogP contribution is 2.28. The number of carbonyl (C=O) groups is 2. The Morgan fingerprint density at radius 3 is 2.42 bits per heavy atom. The summed E-state index contributed by atoms with van der Waals surface area (Å²) in [4.78, 5) is 24.6. The zero-order chi connectivity index (χ0) is 24.2. The third kappa shape index (κ3) is 6.36. The Labute approximate surface area is 202 Å². The molecule has 2 aromatic carbocycles. The molecule has 3 rings (SSSR count). The Balaban J connectivity index is 1.74. The molecule has 1 heterocycles. The van der Waals surface area contributed by atoms with E-state index in [0.717, 1.165) is 6.26 Å². The van der Waals surface area contributed by atoms with E-state index in [9.17, 15) is 23.3 Å². The van der Waals surface area contributed by atoms with Gasteiger partial charge >= 0.3 is 5.97 Å². The fourth-order valence-electron chi connectivity index (χ4n) is 2.32. The predicted molar refractivity (Wildman–Crippen MR) is 123 cm³/mol. The van der Waals surface area contributed by atoms with Crippen LogP contribution < -0.4 is 10.1 Å². The smallest absolute Gasteiger partial charge is 0.343 e. The van der Waals surface area contributed by atoms with Crippen LogP contribution in [-0.2, 0) is 14.6 Å². The molecule has 1 amide bonds. The molecule has 0 aliphatic heterocycles. The minimum absolute atomic E-state index is 0.0747. The van der Waals surface area contributed by atoms with Crippen LogP contribution in [-0.4, -0.2) is 36.7 Å². The molecule has 0 saturated heterocycles. The Morgan fingerprint density at radius 1 is 1.15 bits per heavy atom. The second-order valence-corrected chi connectivity index (χ2v) is 10.4. The number of sulfone groups is 1. The average Bonchev–Trinajstić information content (AvgIpc) is 3.23. The number of esters is 1. The van der Waals surface area contributed by atoms with E-state index >= 15 is 0 Å². The molecule has 0 saturated carbocycles. The molecule has 0 spiro atoms. The zero-order valence-corrected chi connectivity index (χ0v) is 19.7. The number of nitrogens with zero attached hydrogens (tertiary/aromatic N) is 3. The number of nitriles is 1. The van der Waals surface area contributed by atoms with E-state index in [1.807, 2.05) is 0 Å². The van der Waals surface area contributed by atoms with Gasteiger partial charge in [0.15, 0.2) is 0 Å². The van der Waals surface area contributed by atoms with Crippen LogP contribution in [0.2, 0.25) is 10.0 Å². The number of benzene rings is 2. The molecule has 3 aromatic rings.